The first-order chi connectivity index (χ1) is 5.85. The van der Waals surface area contributed by atoms with Crippen LogP contribution in [0.4, 0.5) is 0 Å². The van der Waals surface area contributed by atoms with Gasteiger partial charge in [0.25, 0.3) is 0 Å². The summed E-state index contributed by atoms with van der Waals surface area (Å²) in [6.45, 7) is -0.205. The first-order valence-corrected chi connectivity index (χ1v) is 4.88. The molecule has 0 fully saturated rings. The Morgan fingerprint density at radius 1 is 1.31 bits per heavy atom. The molecule has 0 aliphatic heterocycles. The summed E-state index contributed by atoms with van der Waals surface area (Å²) in [5.74, 6) is -1.49. The second-order valence-electron chi connectivity index (χ2n) is 2.20. The van der Waals surface area contributed by atoms with Gasteiger partial charge >= 0.3 is 13.8 Å². The molecular weight excluding hydrogens is 201 g/mol. The molecule has 0 saturated carbocycles. The summed E-state index contributed by atoms with van der Waals surface area (Å²) in [5.41, 5.74) is 4.93. The highest BCUT2D eigenvalue weighted by atomic mass is 31.2. The third-order valence-corrected chi connectivity index (χ3v) is 1.50. The van der Waals surface area contributed by atoms with E-state index in [1.165, 1.54) is 0 Å². The molecule has 0 heterocycles. The van der Waals surface area contributed by atoms with Crippen LogP contribution in [0.15, 0.2) is 0 Å². The van der Waals surface area contributed by atoms with E-state index in [2.05, 4.69) is 4.52 Å². The first kappa shape index (κ1) is 12.2. The van der Waals surface area contributed by atoms with Crippen LogP contribution >= 0.6 is 7.82 Å². The molecule has 4 N–H and O–H groups in total. The zero-order chi connectivity index (χ0) is 10.5. The number of Topliss-reactive ketones (excluding diaryl/α,β-unsaturated/α-hetero) is 1. The number of carbonyl (C=O) groups is 2. The number of phosphoric acid groups is 1. The van der Waals surface area contributed by atoms with E-state index in [-0.39, 0.29) is 25.2 Å². The minimum atomic E-state index is -4.78. The number of hydrogen-bond acceptors (Lipinski definition) is 5. The van der Waals surface area contributed by atoms with Crippen LogP contribution in [0.3, 0.4) is 0 Å². The van der Waals surface area contributed by atoms with Crippen molar-refractivity contribution in [2.24, 2.45) is 5.73 Å². The van der Waals surface area contributed by atoms with E-state index in [1.807, 2.05) is 0 Å². The summed E-state index contributed by atoms with van der Waals surface area (Å²) in [5, 5.41) is 0. The lowest BCUT2D eigenvalue weighted by Crippen LogP contribution is -2.15. The highest BCUT2D eigenvalue weighted by Crippen LogP contribution is 2.36. The molecule has 0 unspecified atom stereocenters. The Bertz CT molecular complexity index is 245. The third-order valence-electron chi connectivity index (χ3n) is 1.06. The van der Waals surface area contributed by atoms with E-state index in [9.17, 15) is 14.2 Å². The second kappa shape index (κ2) is 5.08. The second-order valence-corrected chi connectivity index (χ2v) is 3.36. The van der Waals surface area contributed by atoms with Crippen LogP contribution in [0.5, 0.6) is 0 Å². The zero-order valence-electron chi connectivity index (χ0n) is 6.67. The maximum absolute atomic E-state index is 10.6. The molecule has 76 valence electrons. The summed E-state index contributed by atoms with van der Waals surface area (Å²) in [6.07, 6.45) is -0.545. The molecule has 0 saturated heterocycles. The number of ketones is 1. The molecule has 0 aliphatic carbocycles. The summed E-state index contributed by atoms with van der Waals surface area (Å²) in [4.78, 5) is 37.5. The molecular formula is C5H10NO6P. The monoisotopic (exact) mass is 211 g/mol. The third kappa shape index (κ3) is 7.61. The van der Waals surface area contributed by atoms with Gasteiger partial charge in [0.1, 0.15) is 5.78 Å². The Labute approximate surface area is 74.1 Å². The average Bonchev–Trinajstić information content (AvgIpc) is 1.97. The zero-order valence-corrected chi connectivity index (χ0v) is 7.57. The van der Waals surface area contributed by atoms with Crippen molar-refractivity contribution >= 4 is 19.6 Å². The smallest absolute Gasteiger partial charge is 0.371 e. The van der Waals surface area contributed by atoms with E-state index in [0.29, 0.717) is 0 Å². The van der Waals surface area contributed by atoms with Gasteiger partial charge in [-0.2, -0.15) is 0 Å². The van der Waals surface area contributed by atoms with Gasteiger partial charge < -0.3 is 10.3 Å². The molecule has 0 radical (unpaired) electrons. The van der Waals surface area contributed by atoms with Gasteiger partial charge in [-0.25, -0.2) is 4.57 Å². The lowest BCUT2D eigenvalue weighted by molar-refractivity contribution is -0.137. The normalized spacial score (nSPS) is 11.0. The van der Waals surface area contributed by atoms with Gasteiger partial charge in [0.2, 0.25) is 0 Å². The standard InChI is InChI=1S/C5H10NO6P/c6-3-4(7)1-2-5(8)12-13(9,10)11/h1-3,6H2,(H2,9,10,11). The van der Waals surface area contributed by atoms with Crippen molar-refractivity contribution in [3.8, 4) is 0 Å². The Kier molecular flexibility index (Phi) is 4.79. The Hall–Kier alpha value is -0.750. The number of carbonyl (C=O) groups excluding carboxylic acids is 2. The van der Waals surface area contributed by atoms with Crippen LogP contribution in [-0.2, 0) is 18.7 Å². The molecule has 0 aromatic heterocycles. The summed E-state index contributed by atoms with van der Waals surface area (Å²) < 4.78 is 13.8. The van der Waals surface area contributed by atoms with Gasteiger partial charge in [-0.3, -0.25) is 19.4 Å². The lowest BCUT2D eigenvalue weighted by Gasteiger charge is -2.03. The molecule has 0 amide bonds. The Morgan fingerprint density at radius 2 is 1.85 bits per heavy atom. The van der Waals surface area contributed by atoms with Crippen LogP contribution in [0, 0.1) is 0 Å². The molecule has 0 bridgehead atoms. The molecule has 13 heavy (non-hydrogen) atoms. The van der Waals surface area contributed by atoms with Gasteiger partial charge in [-0.1, -0.05) is 0 Å². The molecule has 0 aromatic rings. The maximum atomic E-state index is 10.6. The number of phosphoric ester groups is 1. The minimum absolute atomic E-state index is 0.171. The molecule has 8 heteroatoms. The SMILES string of the molecule is NCC(=O)CCC(=O)OP(=O)(O)O. The number of rotatable bonds is 5. The quantitative estimate of drug-likeness (QED) is 0.494. The van der Waals surface area contributed by atoms with Crippen molar-refractivity contribution in [3.05, 3.63) is 0 Å². The van der Waals surface area contributed by atoms with E-state index >= 15 is 0 Å². The highest BCUT2D eigenvalue weighted by Gasteiger charge is 2.20. The molecule has 0 atom stereocenters. The van der Waals surface area contributed by atoms with Crippen LogP contribution in [0.25, 0.3) is 0 Å². The van der Waals surface area contributed by atoms with Gasteiger partial charge in [0.15, 0.2) is 0 Å². The molecule has 7 nitrogen and oxygen atoms in total. The Morgan fingerprint density at radius 3 is 2.23 bits per heavy atom. The first-order valence-electron chi connectivity index (χ1n) is 3.35. The summed E-state index contributed by atoms with van der Waals surface area (Å²) >= 11 is 0. The topological polar surface area (TPSA) is 127 Å². The van der Waals surface area contributed by atoms with Gasteiger partial charge in [-0.05, 0) is 0 Å². The fourth-order valence-corrected chi connectivity index (χ4v) is 0.878. The average molecular weight is 211 g/mol. The van der Waals surface area contributed by atoms with E-state index in [0.717, 1.165) is 0 Å². The number of hydrogen-bond donors (Lipinski definition) is 3. The molecule has 0 aromatic carbocycles. The van der Waals surface area contributed by atoms with Crippen LogP contribution < -0.4 is 5.73 Å². The van der Waals surface area contributed by atoms with E-state index in [4.69, 9.17) is 15.5 Å². The van der Waals surface area contributed by atoms with Crippen molar-refractivity contribution in [1.29, 1.82) is 0 Å². The predicted molar refractivity (Wildman–Crippen MR) is 41.4 cm³/mol. The van der Waals surface area contributed by atoms with Crippen molar-refractivity contribution in [1.82, 2.24) is 0 Å². The minimum Gasteiger partial charge on any atom is -0.371 e. The van der Waals surface area contributed by atoms with Crippen molar-refractivity contribution < 1.29 is 28.5 Å². The van der Waals surface area contributed by atoms with Crippen LogP contribution in [0.1, 0.15) is 12.8 Å². The van der Waals surface area contributed by atoms with Crippen molar-refractivity contribution in [3.63, 3.8) is 0 Å². The summed E-state index contributed by atoms with van der Waals surface area (Å²) in [7, 11) is -4.78. The Balaban J connectivity index is 3.77. The lowest BCUT2D eigenvalue weighted by atomic mass is 10.2. The molecule has 0 aliphatic rings. The predicted octanol–water partition coefficient (Wildman–Crippen LogP) is -1.07. The van der Waals surface area contributed by atoms with E-state index < -0.39 is 13.8 Å². The van der Waals surface area contributed by atoms with Crippen LogP contribution in [-0.4, -0.2) is 28.1 Å². The molecule has 0 spiro atoms. The highest BCUT2D eigenvalue weighted by molar-refractivity contribution is 7.46. The van der Waals surface area contributed by atoms with Gasteiger partial charge in [-0.15, -0.1) is 0 Å². The fourth-order valence-electron chi connectivity index (χ4n) is 0.522. The fraction of sp³-hybridized carbons (Fsp3) is 0.600. The van der Waals surface area contributed by atoms with Crippen molar-refractivity contribution in [2.75, 3.05) is 6.54 Å². The van der Waals surface area contributed by atoms with Gasteiger partial charge in [0.05, 0.1) is 13.0 Å². The van der Waals surface area contributed by atoms with Gasteiger partial charge in [0, 0.05) is 6.42 Å². The van der Waals surface area contributed by atoms with E-state index in [1.54, 1.807) is 0 Å². The largest absolute Gasteiger partial charge is 0.526 e. The summed E-state index contributed by atoms with van der Waals surface area (Å²) in [6, 6.07) is 0. The number of nitrogens with two attached hydrogens (primary N) is 1. The van der Waals surface area contributed by atoms with Crippen molar-refractivity contribution in [2.45, 2.75) is 12.8 Å². The van der Waals surface area contributed by atoms with Crippen LogP contribution in [0.2, 0.25) is 0 Å². The molecule has 0 rings (SSSR count). The maximum Gasteiger partial charge on any atom is 0.526 e.